The summed E-state index contributed by atoms with van der Waals surface area (Å²) >= 11 is 0. The summed E-state index contributed by atoms with van der Waals surface area (Å²) in [4.78, 5) is 27.0. The Kier molecular flexibility index (Phi) is 5.53. The molecule has 5 heteroatoms. The summed E-state index contributed by atoms with van der Waals surface area (Å²) in [5, 5.41) is 2.92. The highest BCUT2D eigenvalue weighted by Crippen LogP contribution is 2.34. The quantitative estimate of drug-likeness (QED) is 0.673. The molecule has 1 N–H and O–H groups in total. The standard InChI is InChI=1S/C25H24N2O3/c1-3-18-8-11-21(12-9-18)26-25(29)20-10-13-23-22(14-20)27(24(28)16-30-23)15-19-6-4-17(2)5-7-19/h4-14H,3,15-16H2,1-2H3,(H,26,29). The van der Waals surface area contributed by atoms with Crippen LogP contribution in [0.5, 0.6) is 5.75 Å². The van der Waals surface area contributed by atoms with Gasteiger partial charge in [0, 0.05) is 11.3 Å². The molecule has 1 aliphatic rings. The Morgan fingerprint density at radius 2 is 1.70 bits per heavy atom. The molecule has 0 atom stereocenters. The zero-order valence-corrected chi connectivity index (χ0v) is 17.1. The second kappa shape index (κ2) is 8.41. The largest absolute Gasteiger partial charge is 0.482 e. The van der Waals surface area contributed by atoms with Crippen LogP contribution in [0.4, 0.5) is 11.4 Å². The van der Waals surface area contributed by atoms with E-state index in [9.17, 15) is 9.59 Å². The summed E-state index contributed by atoms with van der Waals surface area (Å²) in [5.41, 5.74) is 5.22. The summed E-state index contributed by atoms with van der Waals surface area (Å²) in [6.45, 7) is 4.54. The number of benzene rings is 3. The Bertz CT molecular complexity index is 1070. The second-order valence-corrected chi connectivity index (χ2v) is 7.44. The Morgan fingerprint density at radius 3 is 2.40 bits per heavy atom. The minimum atomic E-state index is -0.227. The summed E-state index contributed by atoms with van der Waals surface area (Å²) in [6, 6.07) is 21.0. The molecule has 0 aliphatic carbocycles. The number of fused-ring (bicyclic) bond motifs is 1. The molecule has 5 nitrogen and oxygen atoms in total. The average Bonchev–Trinajstić information content (AvgIpc) is 2.77. The van der Waals surface area contributed by atoms with Gasteiger partial charge in [0.1, 0.15) is 5.75 Å². The maximum atomic E-state index is 12.8. The minimum absolute atomic E-state index is 0.00577. The van der Waals surface area contributed by atoms with Crippen molar-refractivity contribution in [2.75, 3.05) is 16.8 Å². The van der Waals surface area contributed by atoms with Gasteiger partial charge >= 0.3 is 0 Å². The van der Waals surface area contributed by atoms with Crippen LogP contribution in [0.1, 0.15) is 34.0 Å². The van der Waals surface area contributed by atoms with Crippen LogP contribution in [0.15, 0.2) is 66.7 Å². The number of nitrogens with zero attached hydrogens (tertiary/aromatic N) is 1. The van der Waals surface area contributed by atoms with Crippen LogP contribution < -0.4 is 15.0 Å². The molecule has 4 rings (SSSR count). The first-order valence-electron chi connectivity index (χ1n) is 10.1. The fourth-order valence-corrected chi connectivity index (χ4v) is 3.42. The molecular formula is C25H24N2O3. The Balaban J connectivity index is 1.58. The molecule has 3 aromatic carbocycles. The number of hydrogen-bond donors (Lipinski definition) is 1. The molecule has 2 amide bonds. The lowest BCUT2D eigenvalue weighted by molar-refractivity contribution is -0.121. The van der Waals surface area contributed by atoms with Crippen molar-refractivity contribution in [3.8, 4) is 5.75 Å². The molecule has 0 bridgehead atoms. The molecule has 3 aromatic rings. The number of aryl methyl sites for hydroxylation is 2. The van der Waals surface area contributed by atoms with Gasteiger partial charge in [0.2, 0.25) is 0 Å². The fraction of sp³-hybridized carbons (Fsp3) is 0.200. The predicted molar refractivity (Wildman–Crippen MR) is 118 cm³/mol. The van der Waals surface area contributed by atoms with Crippen LogP contribution in [0.25, 0.3) is 0 Å². The van der Waals surface area contributed by atoms with Crippen molar-refractivity contribution in [3.05, 3.63) is 89.0 Å². The number of amides is 2. The Morgan fingerprint density at radius 1 is 1.00 bits per heavy atom. The Labute approximate surface area is 176 Å². The number of nitrogens with one attached hydrogen (secondary N) is 1. The van der Waals surface area contributed by atoms with Crippen molar-refractivity contribution in [2.24, 2.45) is 0 Å². The van der Waals surface area contributed by atoms with Crippen molar-refractivity contribution in [1.29, 1.82) is 0 Å². The molecule has 0 radical (unpaired) electrons. The van der Waals surface area contributed by atoms with Gasteiger partial charge in [-0.2, -0.15) is 0 Å². The molecule has 0 saturated heterocycles. The third kappa shape index (κ3) is 4.20. The minimum Gasteiger partial charge on any atom is -0.482 e. The van der Waals surface area contributed by atoms with Crippen LogP contribution in [-0.2, 0) is 17.8 Å². The third-order valence-electron chi connectivity index (χ3n) is 5.25. The van der Waals surface area contributed by atoms with Gasteiger partial charge in [0.15, 0.2) is 6.61 Å². The van der Waals surface area contributed by atoms with Gasteiger partial charge in [-0.25, -0.2) is 0 Å². The summed E-state index contributed by atoms with van der Waals surface area (Å²) in [7, 11) is 0. The molecule has 0 fully saturated rings. The summed E-state index contributed by atoms with van der Waals surface area (Å²) in [5.74, 6) is 0.247. The van der Waals surface area contributed by atoms with E-state index in [2.05, 4.69) is 12.2 Å². The highest BCUT2D eigenvalue weighted by molar-refractivity contribution is 6.06. The van der Waals surface area contributed by atoms with E-state index >= 15 is 0 Å². The first-order chi connectivity index (χ1) is 14.5. The average molecular weight is 400 g/mol. The molecular weight excluding hydrogens is 376 g/mol. The topological polar surface area (TPSA) is 58.6 Å². The van der Waals surface area contributed by atoms with Crippen molar-refractivity contribution < 1.29 is 14.3 Å². The van der Waals surface area contributed by atoms with E-state index in [1.165, 1.54) is 11.1 Å². The maximum Gasteiger partial charge on any atom is 0.265 e. The lowest BCUT2D eigenvalue weighted by Crippen LogP contribution is -2.38. The van der Waals surface area contributed by atoms with Crippen LogP contribution in [0.2, 0.25) is 0 Å². The maximum absolute atomic E-state index is 12.8. The van der Waals surface area contributed by atoms with E-state index in [4.69, 9.17) is 4.74 Å². The Hall–Kier alpha value is -3.60. The van der Waals surface area contributed by atoms with Gasteiger partial charge in [-0.3, -0.25) is 9.59 Å². The lowest BCUT2D eigenvalue weighted by atomic mass is 10.1. The SMILES string of the molecule is CCc1ccc(NC(=O)c2ccc3c(c2)N(Cc2ccc(C)cc2)C(=O)CO3)cc1. The molecule has 1 heterocycles. The fourth-order valence-electron chi connectivity index (χ4n) is 3.42. The highest BCUT2D eigenvalue weighted by Gasteiger charge is 2.26. The van der Waals surface area contributed by atoms with E-state index in [-0.39, 0.29) is 18.4 Å². The van der Waals surface area contributed by atoms with E-state index in [1.54, 1.807) is 23.1 Å². The van der Waals surface area contributed by atoms with Crippen molar-refractivity contribution in [2.45, 2.75) is 26.8 Å². The molecule has 0 spiro atoms. The van der Waals surface area contributed by atoms with Gasteiger partial charge < -0.3 is 15.0 Å². The number of ether oxygens (including phenoxy) is 1. The van der Waals surface area contributed by atoms with Crippen LogP contribution in [0, 0.1) is 6.92 Å². The van der Waals surface area contributed by atoms with E-state index in [0.29, 0.717) is 23.5 Å². The van der Waals surface area contributed by atoms with Gasteiger partial charge in [-0.05, 0) is 54.8 Å². The highest BCUT2D eigenvalue weighted by atomic mass is 16.5. The molecule has 0 saturated carbocycles. The van der Waals surface area contributed by atoms with Crippen LogP contribution in [0.3, 0.4) is 0 Å². The molecule has 152 valence electrons. The number of carbonyl (C=O) groups excluding carboxylic acids is 2. The zero-order valence-electron chi connectivity index (χ0n) is 17.1. The number of rotatable bonds is 5. The van der Waals surface area contributed by atoms with E-state index < -0.39 is 0 Å². The zero-order chi connectivity index (χ0) is 21.1. The molecule has 1 aliphatic heterocycles. The molecule has 0 unspecified atom stereocenters. The van der Waals surface area contributed by atoms with E-state index in [0.717, 1.165) is 17.7 Å². The van der Waals surface area contributed by atoms with Gasteiger partial charge in [0.25, 0.3) is 11.8 Å². The van der Waals surface area contributed by atoms with Crippen molar-refractivity contribution in [3.63, 3.8) is 0 Å². The first kappa shape index (κ1) is 19.7. The van der Waals surface area contributed by atoms with Gasteiger partial charge in [-0.1, -0.05) is 48.9 Å². The van der Waals surface area contributed by atoms with Gasteiger partial charge in [-0.15, -0.1) is 0 Å². The summed E-state index contributed by atoms with van der Waals surface area (Å²) < 4.78 is 5.58. The lowest BCUT2D eigenvalue weighted by Gasteiger charge is -2.30. The normalized spacial score (nSPS) is 12.9. The summed E-state index contributed by atoms with van der Waals surface area (Å²) in [6.07, 6.45) is 0.948. The van der Waals surface area contributed by atoms with Crippen molar-refractivity contribution >= 4 is 23.2 Å². The molecule has 30 heavy (non-hydrogen) atoms. The van der Waals surface area contributed by atoms with E-state index in [1.807, 2.05) is 55.5 Å². The number of anilines is 2. The second-order valence-electron chi connectivity index (χ2n) is 7.44. The van der Waals surface area contributed by atoms with Crippen LogP contribution in [-0.4, -0.2) is 18.4 Å². The first-order valence-corrected chi connectivity index (χ1v) is 10.1. The number of hydrogen-bond acceptors (Lipinski definition) is 3. The van der Waals surface area contributed by atoms with Crippen molar-refractivity contribution in [1.82, 2.24) is 0 Å². The van der Waals surface area contributed by atoms with Gasteiger partial charge in [0.05, 0.1) is 12.2 Å². The monoisotopic (exact) mass is 400 g/mol. The third-order valence-corrected chi connectivity index (χ3v) is 5.25. The number of carbonyl (C=O) groups is 2. The smallest absolute Gasteiger partial charge is 0.265 e. The van der Waals surface area contributed by atoms with Crippen LogP contribution >= 0.6 is 0 Å². The molecule has 0 aromatic heterocycles. The predicted octanol–water partition coefficient (Wildman–Crippen LogP) is 4.74.